The van der Waals surface area contributed by atoms with Gasteiger partial charge in [-0.2, -0.15) is 0 Å². The number of amides is 1. The van der Waals surface area contributed by atoms with Crippen molar-refractivity contribution >= 4 is 21.8 Å². The molecule has 0 aliphatic carbocycles. The van der Waals surface area contributed by atoms with Crippen LogP contribution in [0.1, 0.15) is 11.1 Å². The Hall–Kier alpha value is -1.65. The van der Waals surface area contributed by atoms with Crippen LogP contribution in [0.2, 0.25) is 0 Å². The van der Waals surface area contributed by atoms with E-state index in [0.29, 0.717) is 12.8 Å². The van der Waals surface area contributed by atoms with Crippen molar-refractivity contribution in [2.24, 2.45) is 0 Å². The van der Waals surface area contributed by atoms with E-state index >= 15 is 0 Å². The molecule has 0 aliphatic heterocycles. The Morgan fingerprint density at radius 1 is 1.10 bits per heavy atom. The summed E-state index contributed by atoms with van der Waals surface area (Å²) < 4.78 is 0.955. The van der Waals surface area contributed by atoms with Crippen LogP contribution < -0.4 is 5.32 Å². The molecule has 1 atom stereocenters. The van der Waals surface area contributed by atoms with Crippen LogP contribution in [0.4, 0.5) is 0 Å². The normalized spacial score (nSPS) is 11.9. The maximum absolute atomic E-state index is 11.8. The summed E-state index contributed by atoms with van der Waals surface area (Å²) >= 11 is 3.38. The quantitative estimate of drug-likeness (QED) is 0.843. The summed E-state index contributed by atoms with van der Waals surface area (Å²) in [7, 11) is 0. The van der Waals surface area contributed by atoms with Gasteiger partial charge in [-0.3, -0.25) is 4.79 Å². The molecule has 0 saturated heterocycles. The van der Waals surface area contributed by atoms with E-state index in [9.17, 15) is 9.90 Å². The summed E-state index contributed by atoms with van der Waals surface area (Å²) in [5.41, 5.74) is 2.01. The average molecular weight is 348 g/mol. The molecule has 0 radical (unpaired) electrons. The number of nitrogens with one attached hydrogen (secondary N) is 1. The third-order valence-corrected chi connectivity index (χ3v) is 3.60. The van der Waals surface area contributed by atoms with E-state index in [-0.39, 0.29) is 12.5 Å². The Bertz CT molecular complexity index is 586. The van der Waals surface area contributed by atoms with Crippen molar-refractivity contribution in [3.8, 4) is 0 Å². The van der Waals surface area contributed by atoms with Crippen LogP contribution in [0.3, 0.4) is 0 Å². The minimum Gasteiger partial charge on any atom is -0.391 e. The fourth-order valence-corrected chi connectivity index (χ4v) is 2.53. The molecule has 0 saturated carbocycles. The number of aliphatic hydroxyl groups is 1. The maximum Gasteiger partial charge on any atom is 0.224 e. The second kappa shape index (κ2) is 7.96. The standard InChI is InChI=1S/C17H18BrNO2/c18-15-8-4-7-14(9-15)11-17(21)19-12-16(20)10-13-5-2-1-3-6-13/h1-9,16,20H,10-12H2,(H,19,21). The van der Waals surface area contributed by atoms with Gasteiger partial charge in [0.05, 0.1) is 12.5 Å². The molecule has 110 valence electrons. The lowest BCUT2D eigenvalue weighted by Gasteiger charge is -2.12. The molecule has 2 aromatic rings. The van der Waals surface area contributed by atoms with E-state index in [2.05, 4.69) is 21.2 Å². The van der Waals surface area contributed by atoms with Gasteiger partial charge in [0.2, 0.25) is 5.91 Å². The molecule has 0 aromatic heterocycles. The van der Waals surface area contributed by atoms with Crippen LogP contribution in [0.25, 0.3) is 0 Å². The summed E-state index contributed by atoms with van der Waals surface area (Å²) in [6.45, 7) is 0.266. The molecule has 21 heavy (non-hydrogen) atoms. The number of carbonyl (C=O) groups excluding carboxylic acids is 1. The Labute approximate surface area is 133 Å². The fourth-order valence-electron chi connectivity index (χ4n) is 2.08. The molecule has 1 amide bonds. The van der Waals surface area contributed by atoms with Crippen LogP contribution >= 0.6 is 15.9 Å². The van der Waals surface area contributed by atoms with Crippen LogP contribution in [-0.4, -0.2) is 23.7 Å². The van der Waals surface area contributed by atoms with E-state index in [4.69, 9.17) is 0 Å². The van der Waals surface area contributed by atoms with Gasteiger partial charge in [0, 0.05) is 17.4 Å². The number of halogens is 1. The Balaban J connectivity index is 1.76. The van der Waals surface area contributed by atoms with Crippen molar-refractivity contribution in [1.82, 2.24) is 5.32 Å². The highest BCUT2D eigenvalue weighted by atomic mass is 79.9. The second-order valence-electron chi connectivity index (χ2n) is 4.95. The van der Waals surface area contributed by atoms with Crippen molar-refractivity contribution in [1.29, 1.82) is 0 Å². The van der Waals surface area contributed by atoms with Gasteiger partial charge in [0.25, 0.3) is 0 Å². The molecule has 4 heteroatoms. The van der Waals surface area contributed by atoms with Gasteiger partial charge in [0.1, 0.15) is 0 Å². The molecule has 0 bridgehead atoms. The predicted octanol–water partition coefficient (Wildman–Crippen LogP) is 2.71. The Morgan fingerprint density at radius 2 is 1.81 bits per heavy atom. The van der Waals surface area contributed by atoms with E-state index in [1.54, 1.807) is 0 Å². The number of hydrogen-bond donors (Lipinski definition) is 2. The van der Waals surface area contributed by atoms with E-state index in [0.717, 1.165) is 15.6 Å². The first kappa shape index (κ1) is 15.7. The van der Waals surface area contributed by atoms with Crippen molar-refractivity contribution in [2.45, 2.75) is 18.9 Å². The van der Waals surface area contributed by atoms with Crippen molar-refractivity contribution in [2.75, 3.05) is 6.54 Å². The lowest BCUT2D eigenvalue weighted by Crippen LogP contribution is -2.34. The Kier molecular flexibility index (Phi) is 5.96. The zero-order valence-corrected chi connectivity index (χ0v) is 13.2. The summed E-state index contributed by atoms with van der Waals surface area (Å²) in [4.78, 5) is 11.8. The van der Waals surface area contributed by atoms with Gasteiger partial charge >= 0.3 is 0 Å². The van der Waals surface area contributed by atoms with Crippen LogP contribution in [0, 0.1) is 0 Å². The summed E-state index contributed by atoms with van der Waals surface area (Å²) in [6, 6.07) is 17.4. The first-order valence-electron chi connectivity index (χ1n) is 6.86. The SMILES string of the molecule is O=C(Cc1cccc(Br)c1)NCC(O)Cc1ccccc1. The monoisotopic (exact) mass is 347 g/mol. The lowest BCUT2D eigenvalue weighted by molar-refractivity contribution is -0.120. The average Bonchev–Trinajstić information content (AvgIpc) is 2.46. The van der Waals surface area contributed by atoms with E-state index in [1.165, 1.54) is 0 Å². The Morgan fingerprint density at radius 3 is 2.52 bits per heavy atom. The van der Waals surface area contributed by atoms with Crippen molar-refractivity contribution in [3.05, 3.63) is 70.2 Å². The van der Waals surface area contributed by atoms with Crippen molar-refractivity contribution in [3.63, 3.8) is 0 Å². The minimum atomic E-state index is -0.571. The first-order chi connectivity index (χ1) is 10.1. The third-order valence-electron chi connectivity index (χ3n) is 3.10. The highest BCUT2D eigenvalue weighted by Gasteiger charge is 2.08. The molecular formula is C17H18BrNO2. The molecule has 2 aromatic carbocycles. The topological polar surface area (TPSA) is 49.3 Å². The fraction of sp³-hybridized carbons (Fsp3) is 0.235. The van der Waals surface area contributed by atoms with Crippen LogP contribution in [0.5, 0.6) is 0 Å². The maximum atomic E-state index is 11.8. The van der Waals surface area contributed by atoms with Gasteiger partial charge in [0.15, 0.2) is 0 Å². The van der Waals surface area contributed by atoms with E-state index < -0.39 is 6.10 Å². The van der Waals surface area contributed by atoms with Gasteiger partial charge < -0.3 is 10.4 Å². The molecule has 2 N–H and O–H groups in total. The highest BCUT2D eigenvalue weighted by molar-refractivity contribution is 9.10. The molecule has 1 unspecified atom stereocenters. The van der Waals surface area contributed by atoms with Gasteiger partial charge in [-0.25, -0.2) is 0 Å². The predicted molar refractivity (Wildman–Crippen MR) is 87.0 cm³/mol. The summed E-state index contributed by atoms with van der Waals surface area (Å²) in [5.74, 6) is -0.0831. The first-order valence-corrected chi connectivity index (χ1v) is 7.66. The molecule has 0 fully saturated rings. The number of aliphatic hydroxyl groups excluding tert-OH is 1. The van der Waals surface area contributed by atoms with Gasteiger partial charge in [-0.1, -0.05) is 58.4 Å². The molecule has 0 spiro atoms. The zero-order chi connectivity index (χ0) is 15.1. The molecule has 2 rings (SSSR count). The van der Waals surface area contributed by atoms with Crippen LogP contribution in [-0.2, 0) is 17.6 Å². The molecule has 0 aliphatic rings. The number of hydrogen-bond acceptors (Lipinski definition) is 2. The van der Waals surface area contributed by atoms with Gasteiger partial charge in [-0.05, 0) is 23.3 Å². The molecule has 0 heterocycles. The molecular weight excluding hydrogens is 330 g/mol. The molecule has 3 nitrogen and oxygen atoms in total. The highest BCUT2D eigenvalue weighted by Crippen LogP contribution is 2.12. The summed E-state index contributed by atoms with van der Waals surface area (Å²) in [6.07, 6.45) is 0.286. The van der Waals surface area contributed by atoms with Crippen molar-refractivity contribution < 1.29 is 9.90 Å². The minimum absolute atomic E-state index is 0.0831. The second-order valence-corrected chi connectivity index (χ2v) is 5.87. The number of rotatable bonds is 6. The zero-order valence-electron chi connectivity index (χ0n) is 11.6. The smallest absolute Gasteiger partial charge is 0.224 e. The summed E-state index contributed by atoms with van der Waals surface area (Å²) in [5, 5.41) is 12.7. The van der Waals surface area contributed by atoms with Crippen LogP contribution in [0.15, 0.2) is 59.1 Å². The number of carbonyl (C=O) groups is 1. The number of benzene rings is 2. The lowest BCUT2D eigenvalue weighted by atomic mass is 10.1. The largest absolute Gasteiger partial charge is 0.391 e. The third kappa shape index (κ3) is 5.69. The van der Waals surface area contributed by atoms with E-state index in [1.807, 2.05) is 54.6 Å². The van der Waals surface area contributed by atoms with Gasteiger partial charge in [-0.15, -0.1) is 0 Å².